The number of fused-ring (bicyclic) bond motifs is 1. The maximum absolute atomic E-state index is 12.6. The number of rotatable bonds is 6. The zero-order valence-corrected chi connectivity index (χ0v) is 15.1. The number of amides is 2. The minimum atomic E-state index is -0.232. The van der Waals surface area contributed by atoms with Gasteiger partial charge in [0.15, 0.2) is 0 Å². The van der Waals surface area contributed by atoms with Gasteiger partial charge in [-0.25, -0.2) is 4.98 Å². The molecule has 3 rings (SSSR count). The van der Waals surface area contributed by atoms with E-state index in [1.807, 2.05) is 33.7 Å². The molecule has 0 atom stereocenters. The topological polar surface area (TPSA) is 67.2 Å². The Kier molecular flexibility index (Phi) is 6.04. The molecule has 1 aromatic heterocycles. The van der Waals surface area contributed by atoms with Gasteiger partial charge in [0.2, 0.25) is 11.8 Å². The van der Waals surface area contributed by atoms with Crippen molar-refractivity contribution < 1.29 is 9.59 Å². The van der Waals surface area contributed by atoms with E-state index < -0.39 is 0 Å². The zero-order valence-electron chi connectivity index (χ0n) is 15.1. The van der Waals surface area contributed by atoms with Gasteiger partial charge in [-0.05, 0) is 31.1 Å². The predicted molar refractivity (Wildman–Crippen MR) is 101 cm³/mol. The fourth-order valence-corrected chi connectivity index (χ4v) is 3.43. The zero-order chi connectivity index (χ0) is 18.4. The molecule has 6 heteroatoms. The molecule has 0 aliphatic carbocycles. The van der Waals surface area contributed by atoms with Crippen LogP contribution < -0.4 is 5.32 Å². The second kappa shape index (κ2) is 8.65. The maximum atomic E-state index is 12.6. The van der Waals surface area contributed by atoms with Gasteiger partial charge in [-0.2, -0.15) is 0 Å². The van der Waals surface area contributed by atoms with E-state index in [1.54, 1.807) is 0 Å². The highest BCUT2D eigenvalue weighted by Crippen LogP contribution is 2.17. The molecule has 1 saturated heterocycles. The normalized spacial score (nSPS) is 14.8. The maximum Gasteiger partial charge on any atom is 0.243 e. The van der Waals surface area contributed by atoms with E-state index >= 15 is 0 Å². The Morgan fingerprint density at radius 1 is 1.15 bits per heavy atom. The molecule has 26 heavy (non-hydrogen) atoms. The van der Waals surface area contributed by atoms with Gasteiger partial charge in [0.1, 0.15) is 5.82 Å². The number of aromatic nitrogens is 2. The Bertz CT molecular complexity index is 788. The molecular formula is C20H26N4O2. The largest absolute Gasteiger partial charge is 0.345 e. The van der Waals surface area contributed by atoms with Crippen molar-refractivity contribution in [2.24, 2.45) is 0 Å². The molecular weight excluding hydrogens is 328 g/mol. The van der Waals surface area contributed by atoms with Crippen molar-refractivity contribution in [3.8, 4) is 0 Å². The number of para-hydroxylation sites is 2. The lowest BCUT2D eigenvalue weighted by Gasteiger charge is -2.20. The Labute approximate surface area is 153 Å². The molecule has 0 bridgehead atoms. The van der Waals surface area contributed by atoms with Crippen LogP contribution in [0.2, 0.25) is 0 Å². The summed E-state index contributed by atoms with van der Waals surface area (Å²) in [6.45, 7) is 6.08. The minimum absolute atomic E-state index is 0.200. The van der Waals surface area contributed by atoms with Crippen molar-refractivity contribution in [3.05, 3.63) is 42.7 Å². The van der Waals surface area contributed by atoms with Crippen LogP contribution >= 0.6 is 0 Å². The van der Waals surface area contributed by atoms with Crippen LogP contribution in [0.15, 0.2) is 36.9 Å². The van der Waals surface area contributed by atoms with Crippen molar-refractivity contribution in [2.45, 2.75) is 45.2 Å². The molecule has 0 spiro atoms. The molecule has 2 aromatic rings. The lowest BCUT2D eigenvalue weighted by Crippen LogP contribution is -2.32. The van der Waals surface area contributed by atoms with Crippen LogP contribution in [0.1, 0.15) is 37.9 Å². The second-order valence-corrected chi connectivity index (χ2v) is 6.64. The highest BCUT2D eigenvalue weighted by molar-refractivity contribution is 5.86. The van der Waals surface area contributed by atoms with Crippen LogP contribution in [-0.2, 0) is 22.7 Å². The molecule has 1 fully saturated rings. The number of nitrogens with zero attached hydrogens (tertiary/aromatic N) is 3. The lowest BCUT2D eigenvalue weighted by molar-refractivity contribution is -0.131. The summed E-state index contributed by atoms with van der Waals surface area (Å²) >= 11 is 0. The molecule has 0 saturated carbocycles. The van der Waals surface area contributed by atoms with Gasteiger partial charge in [0.05, 0.1) is 17.6 Å². The summed E-state index contributed by atoms with van der Waals surface area (Å²) in [5, 5.41) is 2.77. The van der Waals surface area contributed by atoms with E-state index in [1.165, 1.54) is 18.9 Å². The number of carbonyl (C=O) groups is 2. The Morgan fingerprint density at radius 3 is 2.62 bits per heavy atom. The van der Waals surface area contributed by atoms with E-state index in [-0.39, 0.29) is 11.8 Å². The number of likely N-dealkylation sites (tertiary alicyclic amines) is 1. The quantitative estimate of drug-likeness (QED) is 0.811. The average molecular weight is 354 g/mol. The summed E-state index contributed by atoms with van der Waals surface area (Å²) in [6, 6.07) is 7.84. The predicted octanol–water partition coefficient (Wildman–Crippen LogP) is 2.63. The first-order chi connectivity index (χ1) is 12.7. The third-order valence-corrected chi connectivity index (χ3v) is 4.85. The van der Waals surface area contributed by atoms with Crippen molar-refractivity contribution in [3.63, 3.8) is 0 Å². The summed E-state index contributed by atoms with van der Waals surface area (Å²) in [7, 11) is 0. The van der Waals surface area contributed by atoms with Gasteiger partial charge < -0.3 is 14.8 Å². The van der Waals surface area contributed by atoms with Gasteiger partial charge in [0, 0.05) is 26.1 Å². The minimum Gasteiger partial charge on any atom is -0.345 e. The van der Waals surface area contributed by atoms with Gasteiger partial charge in [-0.15, -0.1) is 0 Å². The van der Waals surface area contributed by atoms with Crippen LogP contribution in [0.3, 0.4) is 0 Å². The summed E-state index contributed by atoms with van der Waals surface area (Å²) < 4.78 is 2.04. The van der Waals surface area contributed by atoms with Gasteiger partial charge in [-0.1, -0.05) is 31.6 Å². The van der Waals surface area contributed by atoms with E-state index in [9.17, 15) is 9.59 Å². The Balaban J connectivity index is 1.73. The molecule has 0 radical (unpaired) electrons. The fourth-order valence-electron chi connectivity index (χ4n) is 3.43. The number of hydrogen-bond acceptors (Lipinski definition) is 3. The van der Waals surface area contributed by atoms with E-state index in [4.69, 9.17) is 0 Å². The first kappa shape index (κ1) is 18.2. The first-order valence-corrected chi connectivity index (χ1v) is 9.31. The van der Waals surface area contributed by atoms with E-state index in [2.05, 4.69) is 16.9 Å². The molecule has 0 unspecified atom stereocenters. The van der Waals surface area contributed by atoms with Gasteiger partial charge in [0.25, 0.3) is 0 Å². The fraction of sp³-hybridized carbons (Fsp3) is 0.450. The lowest BCUT2D eigenvalue weighted by atomic mass is 10.2. The van der Waals surface area contributed by atoms with E-state index in [0.29, 0.717) is 19.5 Å². The van der Waals surface area contributed by atoms with Gasteiger partial charge >= 0.3 is 0 Å². The summed E-state index contributed by atoms with van der Waals surface area (Å²) in [5.74, 6) is 0.722. The number of carbonyl (C=O) groups excluding carboxylic acids is 2. The monoisotopic (exact) mass is 354 g/mol. The molecule has 2 heterocycles. The number of benzene rings is 1. The summed E-state index contributed by atoms with van der Waals surface area (Å²) in [4.78, 5) is 30.7. The molecule has 1 N–H and O–H groups in total. The molecule has 1 aromatic carbocycles. The summed E-state index contributed by atoms with van der Waals surface area (Å²) in [6.07, 6.45) is 6.31. The second-order valence-electron chi connectivity index (χ2n) is 6.64. The Morgan fingerprint density at radius 2 is 1.88 bits per heavy atom. The van der Waals surface area contributed by atoms with E-state index in [0.717, 1.165) is 42.8 Å². The van der Waals surface area contributed by atoms with Crippen LogP contribution in [-0.4, -0.2) is 39.4 Å². The van der Waals surface area contributed by atoms with Crippen LogP contribution in [0.25, 0.3) is 11.0 Å². The molecule has 1 aliphatic rings. The SMILES string of the molecule is C=CC(=O)NCc1nc2ccccc2n1CCC(=O)N1CCCCCC1. The van der Waals surface area contributed by atoms with Crippen molar-refractivity contribution in [1.29, 1.82) is 0 Å². The van der Waals surface area contributed by atoms with Crippen molar-refractivity contribution >= 4 is 22.8 Å². The first-order valence-electron chi connectivity index (χ1n) is 9.31. The highest BCUT2D eigenvalue weighted by atomic mass is 16.2. The number of aryl methyl sites for hydroxylation is 1. The van der Waals surface area contributed by atoms with Crippen LogP contribution in [0.4, 0.5) is 0 Å². The number of imidazole rings is 1. The highest BCUT2D eigenvalue weighted by Gasteiger charge is 2.17. The average Bonchev–Trinajstić information content (AvgIpc) is 2.83. The standard InChI is InChI=1S/C20H26N4O2/c1-2-19(25)21-15-18-22-16-9-5-6-10-17(16)24(18)14-11-20(26)23-12-7-3-4-8-13-23/h2,5-6,9-10H,1,3-4,7-8,11-15H2,(H,21,25). The third-order valence-electron chi connectivity index (χ3n) is 4.85. The number of hydrogen-bond donors (Lipinski definition) is 1. The third kappa shape index (κ3) is 4.31. The van der Waals surface area contributed by atoms with Crippen molar-refractivity contribution in [1.82, 2.24) is 19.8 Å². The van der Waals surface area contributed by atoms with Gasteiger partial charge in [-0.3, -0.25) is 9.59 Å². The van der Waals surface area contributed by atoms with Crippen LogP contribution in [0.5, 0.6) is 0 Å². The Hall–Kier alpha value is -2.63. The molecule has 6 nitrogen and oxygen atoms in total. The molecule has 2 amide bonds. The number of nitrogens with one attached hydrogen (secondary N) is 1. The molecule has 1 aliphatic heterocycles. The smallest absolute Gasteiger partial charge is 0.243 e. The van der Waals surface area contributed by atoms with Crippen LogP contribution in [0, 0.1) is 0 Å². The summed E-state index contributed by atoms with van der Waals surface area (Å²) in [5.41, 5.74) is 1.86. The molecule has 138 valence electrons. The van der Waals surface area contributed by atoms with Crippen molar-refractivity contribution in [2.75, 3.05) is 13.1 Å².